The highest BCUT2D eigenvalue weighted by atomic mass is 127. The zero-order valence-electron chi connectivity index (χ0n) is 16.8. The van der Waals surface area contributed by atoms with Gasteiger partial charge in [-0.3, -0.25) is 4.90 Å². The largest absolute Gasteiger partial charge is 0.462 e. The van der Waals surface area contributed by atoms with Crippen LogP contribution in [0.1, 0.15) is 50.5 Å². The Labute approximate surface area is 175 Å². The van der Waals surface area contributed by atoms with E-state index in [1.165, 1.54) is 0 Å². The molecule has 7 heteroatoms. The van der Waals surface area contributed by atoms with Gasteiger partial charge in [-0.05, 0) is 68.8 Å². The number of esters is 1. The summed E-state index contributed by atoms with van der Waals surface area (Å²) in [5.74, 6) is -0.286. The van der Waals surface area contributed by atoms with Crippen LogP contribution in [0.15, 0.2) is 18.2 Å². The minimum Gasteiger partial charge on any atom is -0.462 e. The molecule has 1 aliphatic rings. The van der Waals surface area contributed by atoms with Gasteiger partial charge in [0.25, 0.3) is 0 Å². The molecule has 0 bridgehead atoms. The van der Waals surface area contributed by atoms with Crippen LogP contribution >= 0.6 is 22.6 Å². The standard InChI is InChI=1S/C20H29IN2O4/c1-6-26-18(24)16-9-7-8-15(17(16)21)13-22-10-11-23(12-14(22)2)19(25)27-20(3,4)5/h7-9,14H,6,10-13H2,1-5H3/t14-/m0/s1. The first-order valence-corrected chi connectivity index (χ1v) is 10.4. The number of hydrogen-bond acceptors (Lipinski definition) is 5. The molecule has 0 aromatic heterocycles. The lowest BCUT2D eigenvalue weighted by Gasteiger charge is -2.40. The van der Waals surface area contributed by atoms with Crippen LogP contribution < -0.4 is 0 Å². The molecule has 0 N–H and O–H groups in total. The molecule has 0 unspecified atom stereocenters. The van der Waals surface area contributed by atoms with Crippen molar-refractivity contribution in [1.29, 1.82) is 0 Å². The third-order valence-corrected chi connectivity index (χ3v) is 5.64. The lowest BCUT2D eigenvalue weighted by Crippen LogP contribution is -2.54. The molecule has 1 heterocycles. The van der Waals surface area contributed by atoms with Gasteiger partial charge in [0.05, 0.1) is 12.2 Å². The van der Waals surface area contributed by atoms with Crippen molar-refractivity contribution in [1.82, 2.24) is 9.80 Å². The van der Waals surface area contributed by atoms with E-state index in [1.807, 2.05) is 32.9 Å². The maximum Gasteiger partial charge on any atom is 0.410 e. The zero-order valence-corrected chi connectivity index (χ0v) is 18.9. The third kappa shape index (κ3) is 6.07. The summed E-state index contributed by atoms with van der Waals surface area (Å²) in [4.78, 5) is 28.5. The Bertz CT molecular complexity index is 687. The van der Waals surface area contributed by atoms with Crippen molar-refractivity contribution in [2.24, 2.45) is 0 Å². The summed E-state index contributed by atoms with van der Waals surface area (Å²) in [6.45, 7) is 12.7. The summed E-state index contributed by atoms with van der Waals surface area (Å²) in [6, 6.07) is 5.93. The Morgan fingerprint density at radius 3 is 2.56 bits per heavy atom. The SMILES string of the molecule is CCOC(=O)c1cccc(CN2CCN(C(=O)OC(C)(C)C)C[C@@H]2C)c1I. The van der Waals surface area contributed by atoms with Crippen LogP contribution in [-0.2, 0) is 16.0 Å². The number of halogens is 1. The molecule has 1 saturated heterocycles. The molecule has 1 aromatic rings. The fourth-order valence-electron chi connectivity index (χ4n) is 3.01. The molecule has 1 atom stereocenters. The summed E-state index contributed by atoms with van der Waals surface area (Å²) < 4.78 is 11.5. The first-order valence-electron chi connectivity index (χ1n) is 9.29. The molecule has 0 spiro atoms. The van der Waals surface area contributed by atoms with E-state index in [9.17, 15) is 9.59 Å². The van der Waals surface area contributed by atoms with Crippen LogP contribution in [0.25, 0.3) is 0 Å². The van der Waals surface area contributed by atoms with Gasteiger partial charge in [0.15, 0.2) is 0 Å². The normalized spacial score (nSPS) is 18.3. The van der Waals surface area contributed by atoms with Gasteiger partial charge in [0.1, 0.15) is 5.60 Å². The van der Waals surface area contributed by atoms with E-state index in [2.05, 4.69) is 34.4 Å². The number of hydrogen-bond donors (Lipinski definition) is 0. The van der Waals surface area contributed by atoms with Crippen molar-refractivity contribution in [3.63, 3.8) is 0 Å². The smallest absolute Gasteiger partial charge is 0.410 e. The average Bonchev–Trinajstić information content (AvgIpc) is 2.57. The van der Waals surface area contributed by atoms with E-state index >= 15 is 0 Å². The highest BCUT2D eigenvalue weighted by molar-refractivity contribution is 14.1. The molecule has 1 amide bonds. The van der Waals surface area contributed by atoms with Crippen molar-refractivity contribution < 1.29 is 19.1 Å². The molecule has 150 valence electrons. The van der Waals surface area contributed by atoms with E-state index in [1.54, 1.807) is 17.9 Å². The van der Waals surface area contributed by atoms with Crippen LogP contribution in [-0.4, -0.2) is 59.7 Å². The van der Waals surface area contributed by atoms with Gasteiger partial charge in [-0.2, -0.15) is 0 Å². The second-order valence-corrected chi connectivity index (χ2v) is 8.82. The first-order chi connectivity index (χ1) is 12.6. The summed E-state index contributed by atoms with van der Waals surface area (Å²) in [5, 5.41) is 0. The fraction of sp³-hybridized carbons (Fsp3) is 0.600. The quantitative estimate of drug-likeness (QED) is 0.475. The number of benzene rings is 1. The van der Waals surface area contributed by atoms with Crippen molar-refractivity contribution >= 4 is 34.7 Å². The maximum absolute atomic E-state index is 12.3. The summed E-state index contributed by atoms with van der Waals surface area (Å²) in [7, 11) is 0. The molecule has 1 aliphatic heterocycles. The predicted octanol–water partition coefficient (Wildman–Crippen LogP) is 3.91. The summed E-state index contributed by atoms with van der Waals surface area (Å²) in [5.41, 5.74) is 1.22. The maximum atomic E-state index is 12.3. The highest BCUT2D eigenvalue weighted by Gasteiger charge is 2.30. The Kier molecular flexibility index (Phi) is 7.50. The highest BCUT2D eigenvalue weighted by Crippen LogP contribution is 2.23. The molecule has 1 fully saturated rings. The molecule has 0 aliphatic carbocycles. The third-order valence-electron chi connectivity index (χ3n) is 4.36. The van der Waals surface area contributed by atoms with Gasteiger partial charge in [0, 0.05) is 35.8 Å². The Balaban J connectivity index is 2.03. The first kappa shape index (κ1) is 21.9. The molecular formula is C20H29IN2O4. The van der Waals surface area contributed by atoms with Gasteiger partial charge in [-0.15, -0.1) is 0 Å². The molecule has 1 aromatic carbocycles. The van der Waals surface area contributed by atoms with Gasteiger partial charge in [-0.1, -0.05) is 12.1 Å². The van der Waals surface area contributed by atoms with Gasteiger partial charge in [-0.25, -0.2) is 9.59 Å². The number of amides is 1. The van der Waals surface area contributed by atoms with E-state index in [0.29, 0.717) is 25.3 Å². The monoisotopic (exact) mass is 488 g/mol. The lowest BCUT2D eigenvalue weighted by atomic mass is 10.1. The van der Waals surface area contributed by atoms with Crippen molar-refractivity contribution in [3.05, 3.63) is 32.9 Å². The number of carbonyl (C=O) groups is 2. The molecule has 0 saturated carbocycles. The minimum absolute atomic E-state index is 0.202. The van der Waals surface area contributed by atoms with E-state index in [-0.39, 0.29) is 18.1 Å². The van der Waals surface area contributed by atoms with E-state index in [4.69, 9.17) is 9.47 Å². The lowest BCUT2D eigenvalue weighted by molar-refractivity contribution is 0.00454. The second kappa shape index (κ2) is 9.23. The van der Waals surface area contributed by atoms with E-state index in [0.717, 1.165) is 22.2 Å². The van der Waals surface area contributed by atoms with Crippen LogP contribution in [0.2, 0.25) is 0 Å². The summed E-state index contributed by atoms with van der Waals surface area (Å²) >= 11 is 2.22. The Hall–Kier alpha value is -1.35. The number of piperazine rings is 1. The van der Waals surface area contributed by atoms with Crippen LogP contribution in [0.5, 0.6) is 0 Å². The molecule has 0 radical (unpaired) electrons. The van der Waals surface area contributed by atoms with Crippen LogP contribution in [0.4, 0.5) is 4.79 Å². The molecular weight excluding hydrogens is 459 g/mol. The van der Waals surface area contributed by atoms with Gasteiger partial charge < -0.3 is 14.4 Å². The van der Waals surface area contributed by atoms with Crippen molar-refractivity contribution in [2.75, 3.05) is 26.2 Å². The van der Waals surface area contributed by atoms with Crippen molar-refractivity contribution in [3.8, 4) is 0 Å². The fourth-order valence-corrected chi connectivity index (χ4v) is 3.76. The Morgan fingerprint density at radius 2 is 1.96 bits per heavy atom. The van der Waals surface area contributed by atoms with Crippen molar-refractivity contribution in [2.45, 2.75) is 52.8 Å². The minimum atomic E-state index is -0.485. The number of ether oxygens (including phenoxy) is 2. The summed E-state index contributed by atoms with van der Waals surface area (Å²) in [6.07, 6.45) is -0.257. The molecule has 2 rings (SSSR count). The number of nitrogens with zero attached hydrogens (tertiary/aromatic N) is 2. The average molecular weight is 488 g/mol. The molecule has 6 nitrogen and oxygen atoms in total. The second-order valence-electron chi connectivity index (χ2n) is 7.75. The van der Waals surface area contributed by atoms with E-state index < -0.39 is 5.60 Å². The van der Waals surface area contributed by atoms with Crippen LogP contribution in [0.3, 0.4) is 0 Å². The zero-order chi connectivity index (χ0) is 20.2. The number of rotatable bonds is 4. The Morgan fingerprint density at radius 1 is 1.26 bits per heavy atom. The van der Waals surface area contributed by atoms with Gasteiger partial charge >= 0.3 is 12.1 Å². The molecule has 27 heavy (non-hydrogen) atoms. The topological polar surface area (TPSA) is 59.1 Å². The van der Waals surface area contributed by atoms with Crippen LogP contribution in [0, 0.1) is 3.57 Å². The number of carbonyl (C=O) groups excluding carboxylic acids is 2. The van der Waals surface area contributed by atoms with Gasteiger partial charge in [0.2, 0.25) is 0 Å². The predicted molar refractivity (Wildman–Crippen MR) is 113 cm³/mol.